The normalized spacial score (nSPS) is 24.3. The molecule has 0 radical (unpaired) electrons. The Morgan fingerprint density at radius 3 is 2.72 bits per heavy atom. The van der Waals surface area contributed by atoms with Gasteiger partial charge in [0.1, 0.15) is 0 Å². The fourth-order valence-corrected chi connectivity index (χ4v) is 4.05. The van der Waals surface area contributed by atoms with Gasteiger partial charge < -0.3 is 5.32 Å². The Labute approximate surface area is 109 Å². The second kappa shape index (κ2) is 5.80. The monoisotopic (exact) mass is 268 g/mol. The SMILES string of the molecule is CS(=O)(=O)C1CCCC1NCCc1ccncc1. The van der Waals surface area contributed by atoms with Crippen LogP contribution in [0.3, 0.4) is 0 Å². The number of rotatable bonds is 5. The molecule has 1 N–H and O–H groups in total. The predicted molar refractivity (Wildman–Crippen MR) is 72.2 cm³/mol. The highest BCUT2D eigenvalue weighted by atomic mass is 32.2. The Balaban J connectivity index is 1.83. The molecular formula is C13H20N2O2S. The van der Waals surface area contributed by atoms with Crippen molar-refractivity contribution in [2.75, 3.05) is 12.8 Å². The van der Waals surface area contributed by atoms with E-state index in [0.717, 1.165) is 32.2 Å². The molecule has 2 rings (SSSR count). The van der Waals surface area contributed by atoms with E-state index in [1.165, 1.54) is 11.8 Å². The summed E-state index contributed by atoms with van der Waals surface area (Å²) in [5, 5.41) is 3.19. The van der Waals surface area contributed by atoms with Crippen LogP contribution >= 0.6 is 0 Å². The van der Waals surface area contributed by atoms with Crippen molar-refractivity contribution >= 4 is 9.84 Å². The number of nitrogens with zero attached hydrogens (tertiary/aromatic N) is 1. The van der Waals surface area contributed by atoms with Crippen molar-refractivity contribution in [3.05, 3.63) is 30.1 Å². The third-order valence-corrected chi connectivity index (χ3v) is 5.24. The van der Waals surface area contributed by atoms with Gasteiger partial charge >= 0.3 is 0 Å². The fourth-order valence-electron chi connectivity index (χ4n) is 2.62. The molecule has 4 nitrogen and oxygen atoms in total. The van der Waals surface area contributed by atoms with Crippen LogP contribution in [0.5, 0.6) is 0 Å². The maximum Gasteiger partial charge on any atom is 0.151 e. The molecule has 1 aromatic rings. The maximum absolute atomic E-state index is 11.6. The Morgan fingerprint density at radius 2 is 2.06 bits per heavy atom. The van der Waals surface area contributed by atoms with Crippen LogP contribution in [0.25, 0.3) is 0 Å². The molecule has 1 saturated carbocycles. The molecule has 18 heavy (non-hydrogen) atoms. The van der Waals surface area contributed by atoms with Gasteiger partial charge in [-0.2, -0.15) is 0 Å². The predicted octanol–water partition coefficient (Wildman–Crippen LogP) is 1.18. The lowest BCUT2D eigenvalue weighted by Crippen LogP contribution is -2.40. The molecule has 1 fully saturated rings. The topological polar surface area (TPSA) is 59.1 Å². The largest absolute Gasteiger partial charge is 0.312 e. The molecule has 0 aromatic carbocycles. The second-order valence-electron chi connectivity index (χ2n) is 4.96. The van der Waals surface area contributed by atoms with Crippen molar-refractivity contribution in [1.29, 1.82) is 0 Å². The molecule has 5 heteroatoms. The third kappa shape index (κ3) is 3.53. The zero-order valence-corrected chi connectivity index (χ0v) is 11.5. The first-order valence-electron chi connectivity index (χ1n) is 6.38. The second-order valence-corrected chi connectivity index (χ2v) is 7.23. The van der Waals surface area contributed by atoms with E-state index in [1.54, 1.807) is 12.4 Å². The highest BCUT2D eigenvalue weighted by molar-refractivity contribution is 7.91. The Hall–Kier alpha value is -0.940. The van der Waals surface area contributed by atoms with Gasteiger partial charge in [-0.05, 0) is 43.5 Å². The van der Waals surface area contributed by atoms with Gasteiger partial charge in [0.05, 0.1) is 5.25 Å². The van der Waals surface area contributed by atoms with Crippen molar-refractivity contribution in [2.24, 2.45) is 0 Å². The lowest BCUT2D eigenvalue weighted by molar-refractivity contribution is 0.510. The summed E-state index contributed by atoms with van der Waals surface area (Å²) < 4.78 is 23.3. The molecule has 2 unspecified atom stereocenters. The number of pyridine rings is 1. The van der Waals surface area contributed by atoms with Gasteiger partial charge in [0, 0.05) is 24.7 Å². The van der Waals surface area contributed by atoms with Gasteiger partial charge in [0.25, 0.3) is 0 Å². The van der Waals surface area contributed by atoms with Crippen LogP contribution in [0, 0.1) is 0 Å². The zero-order valence-electron chi connectivity index (χ0n) is 10.7. The van der Waals surface area contributed by atoms with Crippen LogP contribution in [0.4, 0.5) is 0 Å². The molecule has 0 saturated heterocycles. The Bertz CT molecular complexity index is 473. The van der Waals surface area contributed by atoms with E-state index in [2.05, 4.69) is 10.3 Å². The third-order valence-electron chi connectivity index (χ3n) is 3.57. The average molecular weight is 268 g/mol. The molecule has 1 aromatic heterocycles. The van der Waals surface area contributed by atoms with E-state index in [0.29, 0.717) is 0 Å². The van der Waals surface area contributed by atoms with Crippen LogP contribution in [0.15, 0.2) is 24.5 Å². The van der Waals surface area contributed by atoms with Crippen molar-refractivity contribution < 1.29 is 8.42 Å². The van der Waals surface area contributed by atoms with Crippen LogP contribution in [0.1, 0.15) is 24.8 Å². The van der Waals surface area contributed by atoms with E-state index in [9.17, 15) is 8.42 Å². The standard InChI is InChI=1S/C13H20N2O2S/c1-18(16,17)13-4-2-3-12(13)15-10-7-11-5-8-14-9-6-11/h5-6,8-9,12-13,15H,2-4,7,10H2,1H3. The summed E-state index contributed by atoms with van der Waals surface area (Å²) in [6, 6.07) is 4.11. The summed E-state index contributed by atoms with van der Waals surface area (Å²) in [4.78, 5) is 3.98. The number of aromatic nitrogens is 1. The van der Waals surface area contributed by atoms with Crippen LogP contribution < -0.4 is 5.32 Å². The van der Waals surface area contributed by atoms with Gasteiger partial charge in [-0.15, -0.1) is 0 Å². The molecule has 0 spiro atoms. The molecule has 1 aliphatic carbocycles. The summed E-state index contributed by atoms with van der Waals surface area (Å²) >= 11 is 0. The molecule has 2 atom stereocenters. The smallest absolute Gasteiger partial charge is 0.151 e. The van der Waals surface area contributed by atoms with Gasteiger partial charge in [0.15, 0.2) is 9.84 Å². The quantitative estimate of drug-likeness (QED) is 0.871. The summed E-state index contributed by atoms with van der Waals surface area (Å²) in [7, 11) is -2.92. The minimum atomic E-state index is -2.92. The zero-order chi connectivity index (χ0) is 13.0. The van der Waals surface area contributed by atoms with Crippen molar-refractivity contribution in [1.82, 2.24) is 10.3 Å². The van der Waals surface area contributed by atoms with Crippen molar-refractivity contribution in [2.45, 2.75) is 37.0 Å². The first-order chi connectivity index (χ1) is 8.57. The van der Waals surface area contributed by atoms with Gasteiger partial charge in [0.2, 0.25) is 0 Å². The van der Waals surface area contributed by atoms with Gasteiger partial charge in [-0.3, -0.25) is 4.98 Å². The lowest BCUT2D eigenvalue weighted by Gasteiger charge is -2.19. The summed E-state index contributed by atoms with van der Waals surface area (Å²) in [6.07, 6.45) is 8.59. The number of sulfone groups is 1. The molecule has 1 aliphatic rings. The summed E-state index contributed by atoms with van der Waals surface area (Å²) in [5.41, 5.74) is 1.23. The molecule has 100 valence electrons. The van der Waals surface area contributed by atoms with E-state index >= 15 is 0 Å². The molecule has 0 bridgehead atoms. The van der Waals surface area contributed by atoms with E-state index in [-0.39, 0.29) is 11.3 Å². The molecule has 1 heterocycles. The fraction of sp³-hybridized carbons (Fsp3) is 0.615. The first kappa shape index (κ1) is 13.5. The number of nitrogens with one attached hydrogen (secondary N) is 1. The lowest BCUT2D eigenvalue weighted by atomic mass is 10.2. The van der Waals surface area contributed by atoms with E-state index in [4.69, 9.17) is 0 Å². The molecule has 0 aliphatic heterocycles. The minimum Gasteiger partial charge on any atom is -0.312 e. The molecular weight excluding hydrogens is 248 g/mol. The number of hydrogen-bond acceptors (Lipinski definition) is 4. The van der Waals surface area contributed by atoms with E-state index < -0.39 is 9.84 Å². The summed E-state index contributed by atoms with van der Waals surface area (Å²) in [6.45, 7) is 0.820. The molecule has 0 amide bonds. The van der Waals surface area contributed by atoms with Crippen molar-refractivity contribution in [3.8, 4) is 0 Å². The maximum atomic E-state index is 11.6. The first-order valence-corrected chi connectivity index (χ1v) is 8.34. The minimum absolute atomic E-state index is 0.127. The Morgan fingerprint density at radius 1 is 1.33 bits per heavy atom. The highest BCUT2D eigenvalue weighted by Crippen LogP contribution is 2.24. The van der Waals surface area contributed by atoms with Crippen LogP contribution in [-0.4, -0.2) is 37.5 Å². The Kier molecular flexibility index (Phi) is 4.35. The van der Waals surface area contributed by atoms with Gasteiger partial charge in [-0.1, -0.05) is 6.42 Å². The van der Waals surface area contributed by atoms with Crippen molar-refractivity contribution in [3.63, 3.8) is 0 Å². The average Bonchev–Trinajstić information content (AvgIpc) is 2.78. The van der Waals surface area contributed by atoms with E-state index in [1.807, 2.05) is 12.1 Å². The van der Waals surface area contributed by atoms with Gasteiger partial charge in [-0.25, -0.2) is 8.42 Å². The van der Waals surface area contributed by atoms with Crippen LogP contribution in [0.2, 0.25) is 0 Å². The summed E-state index contributed by atoms with van der Waals surface area (Å²) in [5.74, 6) is 0. The highest BCUT2D eigenvalue weighted by Gasteiger charge is 2.34. The number of hydrogen-bond donors (Lipinski definition) is 1. The van der Waals surface area contributed by atoms with Crippen LogP contribution in [-0.2, 0) is 16.3 Å².